The molecule has 0 aliphatic rings. The van der Waals surface area contributed by atoms with Gasteiger partial charge in [-0.1, -0.05) is 29.8 Å². The molecule has 1 unspecified atom stereocenters. The van der Waals surface area contributed by atoms with E-state index in [1.165, 1.54) is 0 Å². The number of hydrogen-bond acceptors (Lipinski definition) is 2. The lowest BCUT2D eigenvalue weighted by Crippen LogP contribution is -2.19. The van der Waals surface area contributed by atoms with Gasteiger partial charge in [-0.15, -0.1) is 0 Å². The van der Waals surface area contributed by atoms with E-state index in [9.17, 15) is 4.79 Å². The molecule has 0 bridgehead atoms. The van der Waals surface area contributed by atoms with Crippen molar-refractivity contribution >= 4 is 17.6 Å². The summed E-state index contributed by atoms with van der Waals surface area (Å²) in [6.45, 7) is 4.11. The van der Waals surface area contributed by atoms with E-state index in [-0.39, 0.29) is 6.04 Å². The molecule has 0 fully saturated rings. The summed E-state index contributed by atoms with van der Waals surface area (Å²) >= 11 is 5.90. The Morgan fingerprint density at radius 1 is 1.59 bits per heavy atom. The minimum atomic E-state index is -0.887. The number of benzene rings is 1. The second kappa shape index (κ2) is 6.42. The van der Waals surface area contributed by atoms with Gasteiger partial charge in [0.1, 0.15) is 0 Å². The standard InChI is InChI=1S/C13H16ClNO2/c1-9(13(16)17)6-7-15-10(2)11-4-3-5-12(14)8-11/h3-6,8,10,15H,7H2,1-2H3,(H,16,17)/b9-6-. The molecule has 92 valence electrons. The van der Waals surface area contributed by atoms with E-state index in [2.05, 4.69) is 5.32 Å². The largest absolute Gasteiger partial charge is 0.478 e. The van der Waals surface area contributed by atoms with Crippen LogP contribution in [0.4, 0.5) is 0 Å². The quantitative estimate of drug-likeness (QED) is 0.793. The van der Waals surface area contributed by atoms with Crippen LogP contribution in [0.1, 0.15) is 25.5 Å². The van der Waals surface area contributed by atoms with Gasteiger partial charge in [-0.3, -0.25) is 0 Å². The van der Waals surface area contributed by atoms with Gasteiger partial charge in [0.25, 0.3) is 0 Å². The predicted octanol–water partition coefficient (Wildman–Crippen LogP) is 3.02. The maximum absolute atomic E-state index is 10.6. The fourth-order valence-corrected chi connectivity index (χ4v) is 1.57. The monoisotopic (exact) mass is 253 g/mol. The molecule has 0 spiro atoms. The highest BCUT2D eigenvalue weighted by atomic mass is 35.5. The number of carboxylic acid groups (broad SMARTS) is 1. The Hall–Kier alpha value is -1.32. The van der Waals surface area contributed by atoms with Gasteiger partial charge in [-0.2, -0.15) is 0 Å². The lowest BCUT2D eigenvalue weighted by atomic mass is 10.1. The van der Waals surface area contributed by atoms with Gasteiger partial charge in [0.15, 0.2) is 0 Å². The molecule has 0 radical (unpaired) electrons. The topological polar surface area (TPSA) is 49.3 Å². The fraction of sp³-hybridized carbons (Fsp3) is 0.308. The summed E-state index contributed by atoms with van der Waals surface area (Å²) in [4.78, 5) is 10.6. The van der Waals surface area contributed by atoms with Gasteiger partial charge < -0.3 is 10.4 Å². The van der Waals surface area contributed by atoms with E-state index in [1.807, 2.05) is 31.2 Å². The minimum Gasteiger partial charge on any atom is -0.478 e. The first kappa shape index (κ1) is 13.7. The van der Waals surface area contributed by atoms with Crippen molar-refractivity contribution in [3.05, 3.63) is 46.5 Å². The van der Waals surface area contributed by atoms with Gasteiger partial charge in [-0.25, -0.2) is 4.79 Å². The van der Waals surface area contributed by atoms with Crippen LogP contribution in [-0.2, 0) is 4.79 Å². The van der Waals surface area contributed by atoms with Gasteiger partial charge in [0.05, 0.1) is 0 Å². The second-order valence-electron chi connectivity index (χ2n) is 3.88. The highest BCUT2D eigenvalue weighted by Gasteiger charge is 2.04. The third-order valence-electron chi connectivity index (χ3n) is 2.52. The summed E-state index contributed by atoms with van der Waals surface area (Å²) in [7, 11) is 0. The van der Waals surface area contributed by atoms with Crippen molar-refractivity contribution in [1.29, 1.82) is 0 Å². The van der Waals surface area contributed by atoms with E-state index < -0.39 is 5.97 Å². The van der Waals surface area contributed by atoms with Crippen molar-refractivity contribution in [3.8, 4) is 0 Å². The van der Waals surface area contributed by atoms with Crippen LogP contribution in [0.2, 0.25) is 5.02 Å². The third kappa shape index (κ3) is 4.59. The molecule has 3 nitrogen and oxygen atoms in total. The Kier molecular flexibility index (Phi) is 5.19. The molecule has 1 rings (SSSR count). The molecule has 1 aromatic carbocycles. The molecule has 0 saturated carbocycles. The molecule has 0 saturated heterocycles. The molecule has 0 aliphatic heterocycles. The van der Waals surface area contributed by atoms with Gasteiger partial charge in [0.2, 0.25) is 0 Å². The minimum absolute atomic E-state index is 0.131. The van der Waals surface area contributed by atoms with Crippen LogP contribution in [-0.4, -0.2) is 17.6 Å². The van der Waals surface area contributed by atoms with Crippen molar-refractivity contribution in [1.82, 2.24) is 5.32 Å². The first-order chi connectivity index (χ1) is 8.00. The number of carboxylic acids is 1. The van der Waals surface area contributed by atoms with E-state index >= 15 is 0 Å². The predicted molar refractivity (Wildman–Crippen MR) is 69.3 cm³/mol. The van der Waals surface area contributed by atoms with E-state index in [4.69, 9.17) is 16.7 Å². The molecule has 1 atom stereocenters. The molecular weight excluding hydrogens is 238 g/mol. The zero-order valence-electron chi connectivity index (χ0n) is 9.90. The molecule has 0 heterocycles. The van der Waals surface area contributed by atoms with Crippen LogP contribution in [0.25, 0.3) is 0 Å². The Morgan fingerprint density at radius 3 is 2.88 bits per heavy atom. The molecule has 4 heteroatoms. The molecule has 17 heavy (non-hydrogen) atoms. The van der Waals surface area contributed by atoms with Crippen LogP contribution >= 0.6 is 11.6 Å². The lowest BCUT2D eigenvalue weighted by Gasteiger charge is -2.13. The third-order valence-corrected chi connectivity index (χ3v) is 2.75. The highest BCUT2D eigenvalue weighted by Crippen LogP contribution is 2.16. The normalized spacial score (nSPS) is 13.5. The van der Waals surface area contributed by atoms with Crippen LogP contribution in [0.3, 0.4) is 0 Å². The number of nitrogens with one attached hydrogen (secondary N) is 1. The average Bonchev–Trinajstić information content (AvgIpc) is 2.28. The number of carbonyl (C=O) groups is 1. The van der Waals surface area contributed by atoms with E-state index in [0.29, 0.717) is 17.1 Å². The summed E-state index contributed by atoms with van der Waals surface area (Å²) in [5.41, 5.74) is 1.43. The zero-order valence-corrected chi connectivity index (χ0v) is 10.7. The van der Waals surface area contributed by atoms with Crippen molar-refractivity contribution in [2.24, 2.45) is 0 Å². The van der Waals surface area contributed by atoms with Gasteiger partial charge in [-0.05, 0) is 31.5 Å². The summed E-state index contributed by atoms with van der Waals surface area (Å²) < 4.78 is 0. The van der Waals surface area contributed by atoms with Crippen LogP contribution < -0.4 is 5.32 Å². The van der Waals surface area contributed by atoms with E-state index in [1.54, 1.807) is 13.0 Å². The molecule has 0 amide bonds. The van der Waals surface area contributed by atoms with Crippen molar-refractivity contribution in [2.75, 3.05) is 6.54 Å². The number of halogens is 1. The first-order valence-electron chi connectivity index (χ1n) is 5.39. The fourth-order valence-electron chi connectivity index (χ4n) is 1.37. The molecule has 0 aliphatic carbocycles. The van der Waals surface area contributed by atoms with Crippen LogP contribution in [0.15, 0.2) is 35.9 Å². The summed E-state index contributed by atoms with van der Waals surface area (Å²) in [5, 5.41) is 12.6. The Labute approximate surface area is 106 Å². The summed E-state index contributed by atoms with van der Waals surface area (Å²) in [6.07, 6.45) is 1.66. The smallest absolute Gasteiger partial charge is 0.330 e. The van der Waals surface area contributed by atoms with Crippen LogP contribution in [0, 0.1) is 0 Å². The number of aliphatic carboxylic acids is 1. The first-order valence-corrected chi connectivity index (χ1v) is 5.77. The maximum atomic E-state index is 10.6. The average molecular weight is 254 g/mol. The molecular formula is C13H16ClNO2. The number of rotatable bonds is 5. The molecule has 1 aromatic rings. The SMILES string of the molecule is C/C(=C/CNC(C)c1cccc(Cl)c1)C(=O)O. The maximum Gasteiger partial charge on any atom is 0.330 e. The zero-order chi connectivity index (χ0) is 12.8. The number of hydrogen-bond donors (Lipinski definition) is 2. The van der Waals surface area contributed by atoms with Gasteiger partial charge in [0, 0.05) is 23.2 Å². The van der Waals surface area contributed by atoms with Gasteiger partial charge >= 0.3 is 5.97 Å². The highest BCUT2D eigenvalue weighted by molar-refractivity contribution is 6.30. The Bertz CT molecular complexity index is 429. The summed E-state index contributed by atoms with van der Waals surface area (Å²) in [5.74, 6) is -0.887. The lowest BCUT2D eigenvalue weighted by molar-refractivity contribution is -0.132. The Morgan fingerprint density at radius 2 is 2.29 bits per heavy atom. The van der Waals surface area contributed by atoms with Crippen molar-refractivity contribution in [3.63, 3.8) is 0 Å². The van der Waals surface area contributed by atoms with E-state index in [0.717, 1.165) is 5.56 Å². The molecule has 2 N–H and O–H groups in total. The molecule has 0 aromatic heterocycles. The van der Waals surface area contributed by atoms with Crippen LogP contribution in [0.5, 0.6) is 0 Å². The summed E-state index contributed by atoms with van der Waals surface area (Å²) in [6, 6.07) is 7.73. The second-order valence-corrected chi connectivity index (χ2v) is 4.31. The van der Waals surface area contributed by atoms with Crippen molar-refractivity contribution in [2.45, 2.75) is 19.9 Å². The Balaban J connectivity index is 2.53. The van der Waals surface area contributed by atoms with Crippen molar-refractivity contribution < 1.29 is 9.90 Å².